The van der Waals surface area contributed by atoms with E-state index in [2.05, 4.69) is 98.7 Å². The van der Waals surface area contributed by atoms with Crippen LogP contribution >= 0.6 is 0 Å². The van der Waals surface area contributed by atoms with Gasteiger partial charge in [0.05, 0.1) is 30.4 Å². The summed E-state index contributed by atoms with van der Waals surface area (Å²) in [6.07, 6.45) is 9.32. The minimum Gasteiger partial charge on any atom is -0.376 e. The Balaban J connectivity index is 1.99. The minimum atomic E-state index is -0.459. The summed E-state index contributed by atoms with van der Waals surface area (Å²) >= 11 is 0. The van der Waals surface area contributed by atoms with Gasteiger partial charge in [0.1, 0.15) is 19.1 Å². The van der Waals surface area contributed by atoms with E-state index in [1.54, 1.807) is 0 Å². The maximum atomic E-state index is 10.3. The minimum absolute atomic E-state index is 0.0132. The SMILES string of the molecule is CC(C)(C)C(N1CN(CO)C2=C1C=CC=CC2)(N1CN(CO)c2ccccc21)C(C)(C)C. The molecule has 0 radical (unpaired) electrons. The highest BCUT2D eigenvalue weighted by molar-refractivity contribution is 5.77. The maximum absolute atomic E-state index is 10.3. The number of hydrogen-bond acceptors (Lipinski definition) is 6. The number of hydrogen-bond donors (Lipinski definition) is 2. The summed E-state index contributed by atoms with van der Waals surface area (Å²) in [6.45, 7) is 15.0. The van der Waals surface area contributed by atoms with Gasteiger partial charge in [-0.1, -0.05) is 71.9 Å². The fourth-order valence-electron chi connectivity index (χ4n) is 6.45. The van der Waals surface area contributed by atoms with E-state index in [0.717, 1.165) is 29.2 Å². The van der Waals surface area contributed by atoms with Crippen LogP contribution in [-0.4, -0.2) is 52.5 Å². The Hall–Kier alpha value is -2.44. The monoisotopic (exact) mass is 438 g/mol. The molecule has 0 amide bonds. The van der Waals surface area contributed by atoms with Crippen molar-refractivity contribution in [3.63, 3.8) is 0 Å². The third-order valence-electron chi connectivity index (χ3n) is 7.13. The Morgan fingerprint density at radius 3 is 1.97 bits per heavy atom. The van der Waals surface area contributed by atoms with Crippen LogP contribution in [0.3, 0.4) is 0 Å². The molecule has 0 bridgehead atoms. The van der Waals surface area contributed by atoms with Crippen LogP contribution in [-0.2, 0) is 0 Å². The van der Waals surface area contributed by atoms with Gasteiger partial charge in [-0.3, -0.25) is 0 Å². The largest absolute Gasteiger partial charge is 0.376 e. The summed E-state index contributed by atoms with van der Waals surface area (Å²) in [6, 6.07) is 8.36. The van der Waals surface area contributed by atoms with Crippen LogP contribution in [0.2, 0.25) is 0 Å². The Labute approximate surface area is 192 Å². The molecule has 6 heteroatoms. The van der Waals surface area contributed by atoms with Crippen LogP contribution < -0.4 is 9.80 Å². The van der Waals surface area contributed by atoms with Crippen molar-refractivity contribution < 1.29 is 10.2 Å². The number of para-hydroxylation sites is 2. The second kappa shape index (κ2) is 7.85. The van der Waals surface area contributed by atoms with Gasteiger partial charge in [-0.2, -0.15) is 0 Å². The first kappa shape index (κ1) is 22.7. The van der Waals surface area contributed by atoms with Crippen LogP contribution in [0.15, 0.2) is 60.0 Å². The molecule has 0 saturated heterocycles. The van der Waals surface area contributed by atoms with Gasteiger partial charge in [0.25, 0.3) is 0 Å². The molecule has 1 aliphatic carbocycles. The second-order valence-corrected chi connectivity index (χ2v) is 11.0. The quantitative estimate of drug-likeness (QED) is 0.733. The van der Waals surface area contributed by atoms with Crippen molar-refractivity contribution in [1.82, 2.24) is 9.80 Å². The molecular weight excluding hydrogens is 400 g/mol. The zero-order valence-electron chi connectivity index (χ0n) is 20.3. The predicted octanol–water partition coefficient (Wildman–Crippen LogP) is 4.26. The second-order valence-electron chi connectivity index (χ2n) is 11.0. The summed E-state index contributed by atoms with van der Waals surface area (Å²) in [7, 11) is 0. The first-order valence-corrected chi connectivity index (χ1v) is 11.5. The summed E-state index contributed by atoms with van der Waals surface area (Å²) in [5, 5.41) is 20.4. The summed E-state index contributed by atoms with van der Waals surface area (Å²) in [5.41, 5.74) is 3.68. The molecule has 174 valence electrons. The van der Waals surface area contributed by atoms with E-state index in [1.165, 1.54) is 0 Å². The number of aliphatic hydroxyl groups is 2. The molecule has 0 aromatic heterocycles. The predicted molar refractivity (Wildman–Crippen MR) is 131 cm³/mol. The van der Waals surface area contributed by atoms with Gasteiger partial charge >= 0.3 is 0 Å². The molecule has 1 aromatic carbocycles. The highest BCUT2D eigenvalue weighted by Crippen LogP contribution is 2.57. The van der Waals surface area contributed by atoms with E-state index in [0.29, 0.717) is 13.3 Å². The fourth-order valence-corrected chi connectivity index (χ4v) is 6.45. The number of rotatable bonds is 4. The van der Waals surface area contributed by atoms with E-state index in [-0.39, 0.29) is 24.3 Å². The molecule has 2 N–H and O–H groups in total. The number of nitrogens with zero attached hydrogens (tertiary/aromatic N) is 4. The lowest BCUT2D eigenvalue weighted by molar-refractivity contribution is -0.0797. The van der Waals surface area contributed by atoms with E-state index in [1.807, 2.05) is 11.0 Å². The number of aliphatic hydroxyl groups excluding tert-OH is 2. The highest BCUT2D eigenvalue weighted by atomic mass is 16.3. The van der Waals surface area contributed by atoms with Gasteiger partial charge in [0.15, 0.2) is 0 Å². The van der Waals surface area contributed by atoms with Crippen molar-refractivity contribution >= 4 is 11.4 Å². The van der Waals surface area contributed by atoms with Crippen molar-refractivity contribution in [1.29, 1.82) is 0 Å². The number of anilines is 2. The van der Waals surface area contributed by atoms with Crippen molar-refractivity contribution in [2.24, 2.45) is 10.8 Å². The van der Waals surface area contributed by atoms with E-state index < -0.39 is 5.66 Å². The lowest BCUT2D eigenvalue weighted by Crippen LogP contribution is -2.73. The molecule has 2 heterocycles. The molecule has 4 rings (SSSR count). The molecule has 0 fully saturated rings. The van der Waals surface area contributed by atoms with Crippen LogP contribution in [0, 0.1) is 10.8 Å². The third-order valence-corrected chi connectivity index (χ3v) is 7.13. The van der Waals surface area contributed by atoms with Crippen molar-refractivity contribution in [3.05, 3.63) is 60.0 Å². The van der Waals surface area contributed by atoms with Crippen molar-refractivity contribution in [2.45, 2.75) is 53.6 Å². The molecule has 6 nitrogen and oxygen atoms in total. The van der Waals surface area contributed by atoms with Gasteiger partial charge in [-0.25, -0.2) is 0 Å². The van der Waals surface area contributed by atoms with Crippen LogP contribution in [0.5, 0.6) is 0 Å². The molecule has 0 spiro atoms. The Bertz CT molecular complexity index is 937. The topological polar surface area (TPSA) is 53.4 Å². The third kappa shape index (κ3) is 3.15. The standard InChI is InChI=1S/C26H38N4O2/c1-24(2,3)26(25(4,5)6,30-17-28(19-32)21-13-10-11-15-23(21)30)29-16-27(18-31)20-12-8-7-9-14-22(20)29/h7-11,13-15,31-32H,12,16-19H2,1-6H3. The molecule has 1 aromatic rings. The van der Waals surface area contributed by atoms with Crippen LogP contribution in [0.25, 0.3) is 0 Å². The average Bonchev–Trinajstić information content (AvgIpc) is 3.15. The maximum Gasteiger partial charge on any atom is 0.126 e. The van der Waals surface area contributed by atoms with Gasteiger partial charge in [0, 0.05) is 22.9 Å². The van der Waals surface area contributed by atoms with E-state index in [4.69, 9.17) is 0 Å². The molecule has 32 heavy (non-hydrogen) atoms. The molecular formula is C26H38N4O2. The molecule has 3 aliphatic rings. The Morgan fingerprint density at radius 1 is 0.781 bits per heavy atom. The normalized spacial score (nSPS) is 19.1. The molecule has 0 saturated carbocycles. The van der Waals surface area contributed by atoms with Crippen LogP contribution in [0.1, 0.15) is 48.0 Å². The van der Waals surface area contributed by atoms with Gasteiger partial charge in [-0.15, -0.1) is 0 Å². The van der Waals surface area contributed by atoms with Crippen molar-refractivity contribution in [2.75, 3.05) is 36.6 Å². The molecule has 0 atom stereocenters. The Kier molecular flexibility index (Phi) is 5.58. The number of benzene rings is 1. The first-order valence-electron chi connectivity index (χ1n) is 11.5. The summed E-state index contributed by atoms with van der Waals surface area (Å²) in [4.78, 5) is 9.09. The van der Waals surface area contributed by atoms with Gasteiger partial charge in [-0.05, 0) is 18.2 Å². The highest BCUT2D eigenvalue weighted by Gasteiger charge is 2.62. The number of fused-ring (bicyclic) bond motifs is 1. The van der Waals surface area contributed by atoms with Gasteiger partial charge < -0.3 is 29.8 Å². The molecule has 0 unspecified atom stereocenters. The lowest BCUT2D eigenvalue weighted by atomic mass is 9.63. The number of allylic oxidation sites excluding steroid dienone is 4. The Morgan fingerprint density at radius 2 is 1.38 bits per heavy atom. The average molecular weight is 439 g/mol. The summed E-state index contributed by atoms with van der Waals surface area (Å²) in [5.74, 6) is 0. The lowest BCUT2D eigenvalue weighted by Gasteiger charge is -2.63. The first-order chi connectivity index (χ1) is 15.1. The zero-order chi connectivity index (χ0) is 23.3. The molecule has 2 aliphatic heterocycles. The van der Waals surface area contributed by atoms with E-state index in [9.17, 15) is 10.2 Å². The fraction of sp³-hybridized carbons (Fsp3) is 0.538. The zero-order valence-corrected chi connectivity index (χ0v) is 20.3. The van der Waals surface area contributed by atoms with Crippen molar-refractivity contribution in [3.8, 4) is 0 Å². The van der Waals surface area contributed by atoms with E-state index >= 15 is 0 Å². The smallest absolute Gasteiger partial charge is 0.126 e. The summed E-state index contributed by atoms with van der Waals surface area (Å²) < 4.78 is 0. The van der Waals surface area contributed by atoms with Gasteiger partial charge in [0.2, 0.25) is 0 Å². The van der Waals surface area contributed by atoms with Crippen LogP contribution in [0.4, 0.5) is 11.4 Å².